The summed E-state index contributed by atoms with van der Waals surface area (Å²) in [4.78, 5) is 11.1. The molecule has 17 heavy (non-hydrogen) atoms. The first-order chi connectivity index (χ1) is 7.67. The molecular formula is C8H11F3O5S. The second-order valence-corrected chi connectivity index (χ2v) is 5.10. The average Bonchev–Trinajstić information content (AvgIpc) is 2.08. The zero-order chi connectivity index (χ0) is 13.3. The van der Waals surface area contributed by atoms with Crippen LogP contribution >= 0.6 is 0 Å². The van der Waals surface area contributed by atoms with Gasteiger partial charge in [0.05, 0.1) is 18.6 Å². The molecule has 0 spiro atoms. The zero-order valence-electron chi connectivity index (χ0n) is 8.86. The van der Waals surface area contributed by atoms with E-state index >= 15 is 0 Å². The number of esters is 1. The van der Waals surface area contributed by atoms with Crippen molar-refractivity contribution < 1.29 is 35.3 Å². The Morgan fingerprint density at radius 2 is 1.88 bits per heavy atom. The van der Waals surface area contributed by atoms with Gasteiger partial charge in [0.2, 0.25) is 0 Å². The summed E-state index contributed by atoms with van der Waals surface area (Å²) in [5, 5.41) is 0. The van der Waals surface area contributed by atoms with Crippen LogP contribution in [0.25, 0.3) is 0 Å². The molecule has 0 aromatic heterocycles. The quantitative estimate of drug-likeness (QED) is 0.438. The van der Waals surface area contributed by atoms with Gasteiger partial charge >= 0.3 is 21.6 Å². The number of rotatable bonds is 4. The molecule has 100 valence electrons. The first-order valence-corrected chi connectivity index (χ1v) is 6.24. The molecule has 1 saturated carbocycles. The van der Waals surface area contributed by atoms with E-state index in [1.165, 1.54) is 0 Å². The molecule has 0 radical (unpaired) electrons. The lowest BCUT2D eigenvalue weighted by Gasteiger charge is -2.32. The minimum absolute atomic E-state index is 0.0753. The lowest BCUT2D eigenvalue weighted by molar-refractivity contribution is -0.154. The van der Waals surface area contributed by atoms with Gasteiger partial charge in [-0.2, -0.15) is 21.6 Å². The van der Waals surface area contributed by atoms with Crippen molar-refractivity contribution in [2.75, 3.05) is 6.61 Å². The van der Waals surface area contributed by atoms with Gasteiger partial charge in [-0.3, -0.25) is 8.98 Å². The molecule has 9 heteroatoms. The summed E-state index contributed by atoms with van der Waals surface area (Å²) in [5.74, 6) is -1.12. The summed E-state index contributed by atoms with van der Waals surface area (Å²) in [6, 6.07) is 0. The Morgan fingerprint density at radius 3 is 2.29 bits per heavy atom. The third-order valence-corrected chi connectivity index (χ3v) is 3.35. The molecule has 1 aliphatic rings. The summed E-state index contributed by atoms with van der Waals surface area (Å²) in [7, 11) is -5.57. The van der Waals surface area contributed by atoms with Gasteiger partial charge in [-0.15, -0.1) is 0 Å². The first kappa shape index (κ1) is 14.2. The van der Waals surface area contributed by atoms with Crippen molar-refractivity contribution in [3.63, 3.8) is 0 Å². The molecule has 0 amide bonds. The molecule has 5 nitrogen and oxygen atoms in total. The minimum Gasteiger partial charge on any atom is -0.466 e. The van der Waals surface area contributed by atoms with Crippen LogP contribution in [0.5, 0.6) is 0 Å². The monoisotopic (exact) mass is 276 g/mol. The zero-order valence-corrected chi connectivity index (χ0v) is 9.68. The molecule has 0 atom stereocenters. The van der Waals surface area contributed by atoms with Crippen LogP contribution in [0.3, 0.4) is 0 Å². The van der Waals surface area contributed by atoms with E-state index in [4.69, 9.17) is 0 Å². The Balaban J connectivity index is 2.43. The molecule has 0 saturated heterocycles. The van der Waals surface area contributed by atoms with E-state index in [0.29, 0.717) is 0 Å². The molecule has 0 bridgehead atoms. The van der Waals surface area contributed by atoms with Crippen molar-refractivity contribution in [1.82, 2.24) is 0 Å². The number of hydrogen-bond acceptors (Lipinski definition) is 5. The predicted molar refractivity (Wildman–Crippen MR) is 49.2 cm³/mol. The second kappa shape index (κ2) is 4.81. The van der Waals surface area contributed by atoms with E-state index in [1.54, 1.807) is 6.92 Å². The minimum atomic E-state index is -5.57. The van der Waals surface area contributed by atoms with Gasteiger partial charge in [-0.05, 0) is 19.8 Å². The van der Waals surface area contributed by atoms with Gasteiger partial charge in [-0.1, -0.05) is 0 Å². The van der Waals surface area contributed by atoms with E-state index < -0.39 is 33.6 Å². The van der Waals surface area contributed by atoms with E-state index in [2.05, 4.69) is 8.92 Å². The van der Waals surface area contributed by atoms with Crippen molar-refractivity contribution in [2.24, 2.45) is 5.92 Å². The standard InChI is InChI=1S/C8H11F3O5S/c1-2-15-7(12)5-3-6(4-5)16-17(13,14)8(9,10)11/h5-6H,2-4H2,1H3. The molecule has 0 unspecified atom stereocenters. The highest BCUT2D eigenvalue weighted by Crippen LogP contribution is 2.35. The van der Waals surface area contributed by atoms with Gasteiger partial charge < -0.3 is 4.74 Å². The SMILES string of the molecule is CCOC(=O)C1CC(OS(=O)(=O)C(F)(F)F)C1. The fraction of sp³-hybridized carbons (Fsp3) is 0.875. The third-order valence-electron chi connectivity index (χ3n) is 2.26. The topological polar surface area (TPSA) is 69.7 Å². The summed E-state index contributed by atoms with van der Waals surface area (Å²) in [6.07, 6.45) is -1.25. The van der Waals surface area contributed by atoms with Gasteiger partial charge in [0.1, 0.15) is 0 Å². The summed E-state index contributed by atoms with van der Waals surface area (Å²) in [6.45, 7) is 1.76. The Morgan fingerprint density at radius 1 is 1.35 bits per heavy atom. The highest BCUT2D eigenvalue weighted by Gasteiger charge is 2.51. The number of ether oxygens (including phenoxy) is 1. The normalized spacial score (nSPS) is 25.2. The van der Waals surface area contributed by atoms with E-state index in [-0.39, 0.29) is 19.4 Å². The van der Waals surface area contributed by atoms with E-state index in [0.717, 1.165) is 0 Å². The second-order valence-electron chi connectivity index (χ2n) is 3.54. The van der Waals surface area contributed by atoms with Crippen molar-refractivity contribution >= 4 is 16.1 Å². The Labute approximate surface area is 96.0 Å². The van der Waals surface area contributed by atoms with Crippen molar-refractivity contribution in [1.29, 1.82) is 0 Å². The highest BCUT2D eigenvalue weighted by atomic mass is 32.2. The van der Waals surface area contributed by atoms with Crippen LogP contribution in [0.15, 0.2) is 0 Å². The van der Waals surface area contributed by atoms with Crippen molar-refractivity contribution in [2.45, 2.75) is 31.4 Å². The molecule has 1 rings (SSSR count). The molecule has 1 fully saturated rings. The van der Waals surface area contributed by atoms with Crippen LogP contribution < -0.4 is 0 Å². The van der Waals surface area contributed by atoms with Crippen LogP contribution in [-0.2, 0) is 23.8 Å². The van der Waals surface area contributed by atoms with Crippen LogP contribution in [0, 0.1) is 5.92 Å². The fourth-order valence-electron chi connectivity index (χ4n) is 1.33. The van der Waals surface area contributed by atoms with E-state index in [9.17, 15) is 26.4 Å². The van der Waals surface area contributed by atoms with Crippen molar-refractivity contribution in [3.05, 3.63) is 0 Å². The summed E-state index contributed by atoms with van der Waals surface area (Å²) >= 11 is 0. The molecule has 0 aliphatic heterocycles. The predicted octanol–water partition coefficient (Wildman–Crippen LogP) is 1.19. The van der Waals surface area contributed by atoms with Gasteiger partial charge in [0.25, 0.3) is 0 Å². The maximum Gasteiger partial charge on any atom is 0.523 e. The Hall–Kier alpha value is -0.830. The van der Waals surface area contributed by atoms with Crippen LogP contribution in [0.2, 0.25) is 0 Å². The first-order valence-electron chi connectivity index (χ1n) is 4.83. The number of carbonyl (C=O) groups excluding carboxylic acids is 1. The van der Waals surface area contributed by atoms with Gasteiger partial charge in [0, 0.05) is 0 Å². The Kier molecular flexibility index (Phi) is 4.03. The number of halogens is 3. The number of hydrogen-bond donors (Lipinski definition) is 0. The largest absolute Gasteiger partial charge is 0.523 e. The van der Waals surface area contributed by atoms with Gasteiger partial charge in [0.15, 0.2) is 0 Å². The third kappa shape index (κ3) is 3.32. The number of carbonyl (C=O) groups is 1. The lowest BCUT2D eigenvalue weighted by Crippen LogP contribution is -2.41. The molecule has 0 heterocycles. The molecular weight excluding hydrogens is 265 g/mol. The van der Waals surface area contributed by atoms with E-state index in [1.807, 2.05) is 0 Å². The molecule has 0 aromatic carbocycles. The average molecular weight is 276 g/mol. The maximum atomic E-state index is 11.9. The smallest absolute Gasteiger partial charge is 0.466 e. The summed E-state index contributed by atoms with van der Waals surface area (Å²) in [5.41, 5.74) is -5.43. The molecule has 1 aliphatic carbocycles. The summed E-state index contributed by atoms with van der Waals surface area (Å²) < 4.78 is 65.5. The van der Waals surface area contributed by atoms with Crippen molar-refractivity contribution in [3.8, 4) is 0 Å². The number of alkyl halides is 3. The lowest BCUT2D eigenvalue weighted by atomic mass is 9.83. The van der Waals surface area contributed by atoms with Crippen LogP contribution in [-0.4, -0.2) is 32.6 Å². The maximum absolute atomic E-state index is 11.9. The molecule has 0 aromatic rings. The molecule has 0 N–H and O–H groups in total. The van der Waals surface area contributed by atoms with Crippen LogP contribution in [0.4, 0.5) is 13.2 Å². The van der Waals surface area contributed by atoms with Crippen LogP contribution in [0.1, 0.15) is 19.8 Å². The highest BCUT2D eigenvalue weighted by molar-refractivity contribution is 7.87. The Bertz CT molecular complexity index is 382. The fourth-order valence-corrected chi connectivity index (χ4v) is 1.96. The van der Waals surface area contributed by atoms with Gasteiger partial charge in [-0.25, -0.2) is 0 Å².